The molecule has 12 N–H and O–H groups in total. The Morgan fingerprint density at radius 1 is 0.600 bits per heavy atom. The summed E-state index contributed by atoms with van der Waals surface area (Å²) < 4.78 is 0. The van der Waals surface area contributed by atoms with E-state index in [1.165, 1.54) is 13.8 Å². The van der Waals surface area contributed by atoms with Gasteiger partial charge in [0.15, 0.2) is 0 Å². The number of amides is 6. The van der Waals surface area contributed by atoms with Gasteiger partial charge in [-0.3, -0.25) is 38.4 Å². The first-order valence-electron chi connectivity index (χ1n) is 19.5. The molecule has 8 atom stereocenters. The smallest absolute Gasteiger partial charge is 0.326 e. The van der Waals surface area contributed by atoms with E-state index in [1.54, 1.807) is 44.2 Å². The number of rotatable bonds is 27. The lowest BCUT2D eigenvalue weighted by atomic mass is 9.95. The summed E-state index contributed by atoms with van der Waals surface area (Å²) in [5.41, 5.74) is 6.38. The van der Waals surface area contributed by atoms with Crippen molar-refractivity contribution >= 4 is 53.4 Å². The highest BCUT2D eigenvalue weighted by molar-refractivity contribution is 5.94. The van der Waals surface area contributed by atoms with Crippen LogP contribution in [0.15, 0.2) is 30.3 Å². The summed E-state index contributed by atoms with van der Waals surface area (Å²) in [7, 11) is 0. The van der Waals surface area contributed by atoms with Gasteiger partial charge in [0.1, 0.15) is 30.2 Å². The van der Waals surface area contributed by atoms with Gasteiger partial charge >= 0.3 is 17.9 Å². The average Bonchev–Trinajstić information content (AvgIpc) is 3.15. The molecular formula is C40H65N7O13. The van der Waals surface area contributed by atoms with E-state index in [0.29, 0.717) is 5.56 Å². The van der Waals surface area contributed by atoms with E-state index in [2.05, 4.69) is 31.9 Å². The minimum atomic E-state index is -1.45. The lowest BCUT2D eigenvalue weighted by Gasteiger charge is -2.28. The number of carbonyl (C=O) groups is 9. The highest BCUT2D eigenvalue weighted by Crippen LogP contribution is 2.14. The maximum absolute atomic E-state index is 13.2. The zero-order valence-electron chi connectivity index (χ0n) is 34.4. The van der Waals surface area contributed by atoms with E-state index < -0.39 is 114 Å². The molecule has 1 aromatic rings. The van der Waals surface area contributed by atoms with E-state index in [4.69, 9.17) is 10.8 Å². The third kappa shape index (κ3) is 20.9. The molecule has 0 heterocycles. The van der Waals surface area contributed by atoms with Crippen LogP contribution in [0.2, 0.25) is 0 Å². The highest BCUT2D eigenvalue weighted by atomic mass is 16.4. The molecule has 0 spiro atoms. The second-order valence-corrected chi connectivity index (χ2v) is 15.2. The first-order chi connectivity index (χ1) is 27.5. The van der Waals surface area contributed by atoms with Crippen LogP contribution in [0, 0.1) is 11.8 Å². The molecule has 0 saturated heterocycles. The minimum absolute atomic E-state index is 0. The summed E-state index contributed by atoms with van der Waals surface area (Å²) in [5.74, 6) is -8.77. The summed E-state index contributed by atoms with van der Waals surface area (Å²) in [6.07, 6.45) is -2.91. The van der Waals surface area contributed by atoms with Crippen molar-refractivity contribution in [3.8, 4) is 0 Å². The van der Waals surface area contributed by atoms with Crippen LogP contribution in [-0.4, -0.2) is 122 Å². The number of benzene rings is 1. The van der Waals surface area contributed by atoms with Crippen LogP contribution < -0.4 is 37.6 Å². The largest absolute Gasteiger partial charge is 0.481 e. The Hall–Kier alpha value is -5.63. The van der Waals surface area contributed by atoms with Gasteiger partial charge in [-0.25, -0.2) is 4.79 Å². The average molecular weight is 852 g/mol. The van der Waals surface area contributed by atoms with E-state index in [9.17, 15) is 58.5 Å². The Morgan fingerprint density at radius 2 is 1.13 bits per heavy atom. The first kappa shape index (κ1) is 54.4. The molecule has 0 unspecified atom stereocenters. The molecule has 0 bridgehead atoms. The zero-order chi connectivity index (χ0) is 45.0. The molecule has 0 aliphatic rings. The van der Waals surface area contributed by atoms with E-state index >= 15 is 0 Å². The zero-order valence-corrected chi connectivity index (χ0v) is 34.4. The molecule has 338 valence electrons. The Kier molecular flexibility index (Phi) is 24.6. The number of hydrogen-bond donors (Lipinski definition) is 11. The summed E-state index contributed by atoms with van der Waals surface area (Å²) >= 11 is 0. The first-order valence-corrected chi connectivity index (χ1v) is 19.5. The van der Waals surface area contributed by atoms with Crippen LogP contribution in [0.1, 0.15) is 99.5 Å². The molecule has 20 heteroatoms. The van der Waals surface area contributed by atoms with Crippen molar-refractivity contribution in [3.63, 3.8) is 0 Å². The van der Waals surface area contributed by atoms with Gasteiger partial charge in [0.2, 0.25) is 35.4 Å². The molecule has 60 heavy (non-hydrogen) atoms. The van der Waals surface area contributed by atoms with Crippen molar-refractivity contribution in [1.29, 1.82) is 0 Å². The molecule has 0 saturated carbocycles. The number of nitrogens with one attached hydrogen (secondary N) is 6. The van der Waals surface area contributed by atoms with E-state index in [-0.39, 0.29) is 58.3 Å². The van der Waals surface area contributed by atoms with Crippen LogP contribution in [-0.2, 0) is 49.6 Å². The number of aliphatic carboxylic acids is 3. The van der Waals surface area contributed by atoms with Gasteiger partial charge in [0, 0.05) is 25.7 Å². The maximum Gasteiger partial charge on any atom is 0.326 e. The Bertz CT molecular complexity index is 1610. The fraction of sp³-hybridized carbons (Fsp3) is 0.625. The molecule has 0 aromatic heterocycles. The molecule has 6 amide bonds. The molecular weight excluding hydrogens is 786 g/mol. The third-order valence-electron chi connectivity index (χ3n) is 9.14. The fourth-order valence-corrected chi connectivity index (χ4v) is 5.72. The van der Waals surface area contributed by atoms with Crippen LogP contribution in [0.3, 0.4) is 0 Å². The number of hydrogen-bond acceptors (Lipinski definition) is 11. The van der Waals surface area contributed by atoms with Crippen LogP contribution in [0.4, 0.5) is 0 Å². The van der Waals surface area contributed by atoms with Gasteiger partial charge in [-0.2, -0.15) is 0 Å². The number of aliphatic hydroxyl groups excluding tert-OH is 1. The summed E-state index contributed by atoms with van der Waals surface area (Å²) in [5, 5.41) is 53.7. The Balaban J connectivity index is 0.0000348. The lowest BCUT2D eigenvalue weighted by molar-refractivity contribution is -0.143. The second kappa shape index (κ2) is 27.2. The van der Waals surface area contributed by atoms with Crippen molar-refractivity contribution in [1.82, 2.24) is 31.9 Å². The van der Waals surface area contributed by atoms with Crippen molar-refractivity contribution in [2.75, 3.05) is 0 Å². The van der Waals surface area contributed by atoms with Crippen molar-refractivity contribution in [3.05, 3.63) is 35.9 Å². The van der Waals surface area contributed by atoms with Gasteiger partial charge < -0.3 is 58.1 Å². The highest BCUT2D eigenvalue weighted by Gasteiger charge is 2.32. The number of carboxylic acids is 3. The second-order valence-electron chi connectivity index (χ2n) is 15.2. The monoisotopic (exact) mass is 851 g/mol. The molecule has 1 rings (SSSR count). The molecule has 0 radical (unpaired) electrons. The normalized spacial score (nSPS) is 15.0. The van der Waals surface area contributed by atoms with Gasteiger partial charge in [-0.15, -0.1) is 0 Å². The van der Waals surface area contributed by atoms with Crippen molar-refractivity contribution < 1.29 is 63.6 Å². The summed E-state index contributed by atoms with van der Waals surface area (Å²) in [4.78, 5) is 112. The SMILES string of the molecule is C.CC(C)C[C@H](NC(=O)[C@H](C)NC(=O)[C@@H](NC(=O)[C@@H](N)CCC(=O)O)C(C)C)[C@@H](O)CCC(=O)N[C@@H](C)C(=O)N[C@@H](CCC(=O)O)C(=O)N[C@@H](Cc1ccccc1)C(=O)O. The molecule has 0 aliphatic heterocycles. The minimum Gasteiger partial charge on any atom is -0.481 e. The number of carbonyl (C=O) groups excluding carboxylic acids is 6. The number of aliphatic hydroxyl groups is 1. The molecule has 20 nitrogen and oxygen atoms in total. The topological polar surface area (TPSA) is 333 Å². The maximum atomic E-state index is 13.2. The molecule has 1 aromatic carbocycles. The van der Waals surface area contributed by atoms with E-state index in [1.807, 2.05) is 13.8 Å². The number of carboxylic acid groups (broad SMARTS) is 3. The van der Waals surface area contributed by atoms with Gasteiger partial charge in [0.25, 0.3) is 0 Å². The Labute approximate surface area is 350 Å². The predicted octanol–water partition coefficient (Wildman–Crippen LogP) is -0.202. The lowest BCUT2D eigenvalue weighted by Crippen LogP contribution is -2.58. The van der Waals surface area contributed by atoms with Crippen LogP contribution in [0.25, 0.3) is 0 Å². The van der Waals surface area contributed by atoms with Gasteiger partial charge in [-0.05, 0) is 56.9 Å². The molecule has 0 fully saturated rings. The third-order valence-corrected chi connectivity index (χ3v) is 9.14. The standard InChI is InChI=1S/C39H61N7O13.CH4/c1-20(2)18-27(44-35(54)23(6)42-38(57)33(21(3)4)46-36(55)25(40)12-16-31(49)50)29(47)14-15-30(48)41-22(5)34(53)43-26(13-17-32(51)52)37(56)45-28(39(58)59)19-24-10-8-7-9-11-24;/h7-11,20-23,25-29,33,47H,12-19,40H2,1-6H3,(H,41,48)(H,42,57)(H,43,53)(H,44,54)(H,45,56)(H,46,55)(H,49,50)(H,51,52)(H,58,59);1H4/t22-,23-,25-,26-,27-,28-,29-,33-;/m0./s1. The van der Waals surface area contributed by atoms with Gasteiger partial charge in [-0.1, -0.05) is 65.5 Å². The van der Waals surface area contributed by atoms with Crippen LogP contribution in [0.5, 0.6) is 0 Å². The van der Waals surface area contributed by atoms with E-state index in [0.717, 1.165) is 0 Å². The predicted molar refractivity (Wildman–Crippen MR) is 219 cm³/mol. The Morgan fingerprint density at radius 3 is 1.67 bits per heavy atom. The van der Waals surface area contributed by atoms with Gasteiger partial charge in [0.05, 0.1) is 18.2 Å². The van der Waals surface area contributed by atoms with Crippen LogP contribution >= 0.6 is 0 Å². The summed E-state index contributed by atoms with van der Waals surface area (Å²) in [6.45, 7) is 9.70. The van der Waals surface area contributed by atoms with Crippen molar-refractivity contribution in [2.45, 2.75) is 149 Å². The molecule has 0 aliphatic carbocycles. The number of nitrogens with two attached hydrogens (primary N) is 1. The summed E-state index contributed by atoms with van der Waals surface area (Å²) in [6, 6.07) is 0.110. The quantitative estimate of drug-likeness (QED) is 0.0546. The van der Waals surface area contributed by atoms with Crippen molar-refractivity contribution in [2.24, 2.45) is 17.6 Å². The fourth-order valence-electron chi connectivity index (χ4n) is 5.72.